The number of hydrogen-bond acceptors (Lipinski definition) is 2. The fraction of sp³-hybridized carbons (Fsp3) is 0.529. The third-order valence-electron chi connectivity index (χ3n) is 3.77. The van der Waals surface area contributed by atoms with Crippen LogP contribution in [-0.2, 0) is 11.3 Å². The first-order valence-electron chi connectivity index (χ1n) is 7.96. The fourth-order valence-electron chi connectivity index (χ4n) is 2.02. The summed E-state index contributed by atoms with van der Waals surface area (Å²) in [6.07, 6.45) is 0.830. The first-order chi connectivity index (χ1) is 10.5. The number of guanidine groups is 1. The van der Waals surface area contributed by atoms with Gasteiger partial charge in [0, 0.05) is 24.7 Å². The summed E-state index contributed by atoms with van der Waals surface area (Å²) in [5.41, 5.74) is 7.80. The molecular formula is C17H28N4O. The summed E-state index contributed by atoms with van der Waals surface area (Å²) < 4.78 is 0. The standard InChI is InChI=1S/C17H28N4O/c1-5-13(4)16(22)20-15-10-8-9-14(11-15)12-19-17(18)21(6-2)7-3/h8-11,13H,5-7,12H2,1-4H3,(H2,18,19)(H,20,22). The minimum Gasteiger partial charge on any atom is -0.370 e. The Morgan fingerprint density at radius 1 is 1.32 bits per heavy atom. The highest BCUT2D eigenvalue weighted by Gasteiger charge is 2.10. The van der Waals surface area contributed by atoms with E-state index in [1.165, 1.54) is 0 Å². The highest BCUT2D eigenvalue weighted by atomic mass is 16.1. The maximum absolute atomic E-state index is 11.9. The monoisotopic (exact) mass is 304 g/mol. The van der Waals surface area contributed by atoms with Gasteiger partial charge in [-0.1, -0.05) is 26.0 Å². The number of nitrogens with two attached hydrogens (primary N) is 1. The molecule has 0 fully saturated rings. The number of carbonyl (C=O) groups excluding carboxylic acids is 1. The quantitative estimate of drug-likeness (QED) is 0.601. The van der Waals surface area contributed by atoms with E-state index in [4.69, 9.17) is 5.73 Å². The van der Waals surface area contributed by atoms with Gasteiger partial charge in [0.15, 0.2) is 5.96 Å². The zero-order chi connectivity index (χ0) is 16.5. The number of amides is 1. The third kappa shape index (κ3) is 5.39. The van der Waals surface area contributed by atoms with E-state index < -0.39 is 0 Å². The van der Waals surface area contributed by atoms with Gasteiger partial charge in [0.25, 0.3) is 0 Å². The molecule has 0 saturated heterocycles. The van der Waals surface area contributed by atoms with Crippen LogP contribution in [0, 0.1) is 5.92 Å². The van der Waals surface area contributed by atoms with Crippen LogP contribution in [0.3, 0.4) is 0 Å². The molecule has 5 heteroatoms. The normalized spacial score (nSPS) is 12.8. The van der Waals surface area contributed by atoms with E-state index in [2.05, 4.69) is 24.2 Å². The van der Waals surface area contributed by atoms with Crippen molar-refractivity contribution in [2.75, 3.05) is 18.4 Å². The van der Waals surface area contributed by atoms with E-state index in [0.717, 1.165) is 30.8 Å². The highest BCUT2D eigenvalue weighted by molar-refractivity contribution is 5.92. The van der Waals surface area contributed by atoms with Crippen molar-refractivity contribution < 1.29 is 4.79 Å². The van der Waals surface area contributed by atoms with E-state index in [1.54, 1.807) is 0 Å². The van der Waals surface area contributed by atoms with E-state index in [0.29, 0.717) is 12.5 Å². The SMILES string of the molecule is CCC(C)C(=O)Nc1cccc(CN=C(N)N(CC)CC)c1. The highest BCUT2D eigenvalue weighted by Crippen LogP contribution is 2.14. The van der Waals surface area contributed by atoms with Crippen molar-refractivity contribution in [2.45, 2.75) is 40.7 Å². The number of benzene rings is 1. The van der Waals surface area contributed by atoms with Crippen molar-refractivity contribution in [2.24, 2.45) is 16.6 Å². The Hall–Kier alpha value is -2.04. The Labute approximate surface area is 133 Å². The number of nitrogens with one attached hydrogen (secondary N) is 1. The lowest BCUT2D eigenvalue weighted by Crippen LogP contribution is -2.37. The molecule has 0 spiro atoms. The zero-order valence-corrected chi connectivity index (χ0v) is 14.1. The Morgan fingerprint density at radius 2 is 2.00 bits per heavy atom. The van der Waals surface area contributed by atoms with Crippen LogP contribution in [0.25, 0.3) is 0 Å². The van der Waals surface area contributed by atoms with E-state index in [1.807, 2.05) is 43.0 Å². The van der Waals surface area contributed by atoms with Crippen LogP contribution in [0.5, 0.6) is 0 Å². The van der Waals surface area contributed by atoms with Crippen molar-refractivity contribution in [1.29, 1.82) is 0 Å². The fourth-order valence-corrected chi connectivity index (χ4v) is 2.02. The molecule has 1 rings (SSSR count). The number of rotatable bonds is 7. The lowest BCUT2D eigenvalue weighted by Gasteiger charge is -2.19. The van der Waals surface area contributed by atoms with Crippen molar-refractivity contribution in [3.05, 3.63) is 29.8 Å². The molecule has 5 nitrogen and oxygen atoms in total. The van der Waals surface area contributed by atoms with Crippen LogP contribution in [0.4, 0.5) is 5.69 Å². The summed E-state index contributed by atoms with van der Waals surface area (Å²) in [6, 6.07) is 7.74. The predicted molar refractivity (Wildman–Crippen MR) is 92.8 cm³/mol. The molecule has 122 valence electrons. The molecule has 0 bridgehead atoms. The Bertz CT molecular complexity index is 509. The summed E-state index contributed by atoms with van der Waals surface area (Å²) in [5.74, 6) is 0.616. The Balaban J connectivity index is 2.72. The van der Waals surface area contributed by atoms with Crippen LogP contribution < -0.4 is 11.1 Å². The number of nitrogens with zero attached hydrogens (tertiary/aromatic N) is 2. The Kier molecular flexibility index (Phi) is 7.43. The molecule has 1 amide bonds. The molecule has 0 radical (unpaired) electrons. The average molecular weight is 304 g/mol. The van der Waals surface area contributed by atoms with Gasteiger partial charge in [-0.05, 0) is 38.0 Å². The Morgan fingerprint density at radius 3 is 2.59 bits per heavy atom. The molecule has 0 aliphatic heterocycles. The minimum absolute atomic E-state index is 0.0139. The lowest BCUT2D eigenvalue weighted by atomic mass is 10.1. The van der Waals surface area contributed by atoms with Crippen molar-refractivity contribution >= 4 is 17.6 Å². The third-order valence-corrected chi connectivity index (χ3v) is 3.77. The average Bonchev–Trinajstić information content (AvgIpc) is 2.53. The zero-order valence-electron chi connectivity index (χ0n) is 14.1. The summed E-state index contributed by atoms with van der Waals surface area (Å²) in [4.78, 5) is 18.3. The van der Waals surface area contributed by atoms with Crippen LogP contribution >= 0.6 is 0 Å². The van der Waals surface area contributed by atoms with Gasteiger partial charge in [-0.3, -0.25) is 4.79 Å². The van der Waals surface area contributed by atoms with Gasteiger partial charge in [0.2, 0.25) is 5.91 Å². The van der Waals surface area contributed by atoms with Gasteiger partial charge in [-0.2, -0.15) is 0 Å². The number of hydrogen-bond donors (Lipinski definition) is 2. The molecular weight excluding hydrogens is 276 g/mol. The minimum atomic E-state index is 0.0139. The molecule has 0 aliphatic rings. The smallest absolute Gasteiger partial charge is 0.227 e. The topological polar surface area (TPSA) is 70.7 Å². The second kappa shape index (κ2) is 9.07. The van der Waals surface area contributed by atoms with Gasteiger partial charge in [0.1, 0.15) is 0 Å². The number of aliphatic imine (C=N–C) groups is 1. The second-order valence-corrected chi connectivity index (χ2v) is 5.35. The summed E-state index contributed by atoms with van der Waals surface area (Å²) in [5, 5.41) is 2.94. The molecule has 0 heterocycles. The molecule has 0 saturated carbocycles. The van der Waals surface area contributed by atoms with Crippen molar-refractivity contribution in [1.82, 2.24) is 4.90 Å². The van der Waals surface area contributed by atoms with Crippen molar-refractivity contribution in [3.8, 4) is 0 Å². The molecule has 3 N–H and O–H groups in total. The molecule has 22 heavy (non-hydrogen) atoms. The van der Waals surface area contributed by atoms with Crippen molar-refractivity contribution in [3.63, 3.8) is 0 Å². The van der Waals surface area contributed by atoms with E-state index >= 15 is 0 Å². The van der Waals surface area contributed by atoms with E-state index in [9.17, 15) is 4.79 Å². The predicted octanol–water partition coefficient (Wildman–Crippen LogP) is 2.83. The molecule has 1 aromatic carbocycles. The van der Waals surface area contributed by atoms with Crippen LogP contribution in [0.15, 0.2) is 29.3 Å². The molecule has 1 unspecified atom stereocenters. The largest absolute Gasteiger partial charge is 0.370 e. The van der Waals surface area contributed by atoms with Gasteiger partial charge in [0.05, 0.1) is 6.54 Å². The lowest BCUT2D eigenvalue weighted by molar-refractivity contribution is -0.119. The van der Waals surface area contributed by atoms with Crippen LogP contribution in [-0.4, -0.2) is 29.9 Å². The summed E-state index contributed by atoms with van der Waals surface area (Å²) >= 11 is 0. The molecule has 0 aliphatic carbocycles. The van der Waals surface area contributed by atoms with Crippen LogP contribution in [0.2, 0.25) is 0 Å². The maximum atomic E-state index is 11.9. The first kappa shape index (κ1) is 18.0. The molecule has 1 atom stereocenters. The number of anilines is 1. The molecule has 1 aromatic rings. The summed E-state index contributed by atoms with van der Waals surface area (Å²) in [7, 11) is 0. The van der Waals surface area contributed by atoms with Gasteiger partial charge < -0.3 is 16.0 Å². The van der Waals surface area contributed by atoms with Gasteiger partial charge in [-0.15, -0.1) is 0 Å². The van der Waals surface area contributed by atoms with Crippen LogP contribution in [0.1, 0.15) is 39.7 Å². The second-order valence-electron chi connectivity index (χ2n) is 5.35. The van der Waals surface area contributed by atoms with Gasteiger partial charge in [-0.25, -0.2) is 4.99 Å². The first-order valence-corrected chi connectivity index (χ1v) is 7.96. The number of carbonyl (C=O) groups is 1. The molecule has 0 aromatic heterocycles. The maximum Gasteiger partial charge on any atom is 0.227 e. The van der Waals surface area contributed by atoms with E-state index in [-0.39, 0.29) is 11.8 Å². The van der Waals surface area contributed by atoms with Gasteiger partial charge >= 0.3 is 0 Å². The summed E-state index contributed by atoms with van der Waals surface area (Å²) in [6.45, 7) is 10.2.